The lowest BCUT2D eigenvalue weighted by molar-refractivity contribution is -0.134. The maximum Gasteiger partial charge on any atom is 0.332 e. The van der Waals surface area contributed by atoms with Gasteiger partial charge in [0.1, 0.15) is 6.33 Å². The minimum Gasteiger partial charge on any atom is -0.466 e. The van der Waals surface area contributed by atoms with Crippen LogP contribution in [0.15, 0.2) is 67.0 Å². The van der Waals surface area contributed by atoms with Gasteiger partial charge in [-0.25, -0.2) is 9.78 Å². The number of ether oxygens (including phenoxy) is 1. The van der Waals surface area contributed by atoms with Crippen molar-refractivity contribution in [3.05, 3.63) is 72.6 Å². The second kappa shape index (κ2) is 5.63. The number of aromatic nitrogens is 2. The van der Waals surface area contributed by atoms with Crippen LogP contribution in [0.2, 0.25) is 0 Å². The van der Waals surface area contributed by atoms with Gasteiger partial charge in [-0.3, -0.25) is 4.57 Å². The van der Waals surface area contributed by atoms with Crippen LogP contribution in [0.4, 0.5) is 0 Å². The maximum absolute atomic E-state index is 11.7. The number of fused-ring (bicyclic) bond motifs is 1. The molecule has 0 aliphatic carbocycles. The van der Waals surface area contributed by atoms with Gasteiger partial charge in [0.2, 0.25) is 0 Å². The summed E-state index contributed by atoms with van der Waals surface area (Å²) in [6, 6.07) is 17.5. The first-order valence-corrected chi connectivity index (χ1v) is 6.57. The van der Waals surface area contributed by atoms with E-state index in [9.17, 15) is 4.79 Å². The Labute approximate surface area is 122 Å². The zero-order chi connectivity index (χ0) is 14.7. The monoisotopic (exact) mass is 278 g/mol. The third-order valence-electron chi connectivity index (χ3n) is 3.24. The highest BCUT2D eigenvalue weighted by atomic mass is 16.5. The minimum absolute atomic E-state index is 0.397. The molecular formula is C17H14N2O2. The molecule has 0 atom stereocenters. The van der Waals surface area contributed by atoms with E-state index in [-0.39, 0.29) is 0 Å². The molecule has 104 valence electrons. The Kier molecular flexibility index (Phi) is 3.51. The lowest BCUT2D eigenvalue weighted by atomic mass is 10.1. The van der Waals surface area contributed by atoms with Gasteiger partial charge in [0.05, 0.1) is 23.8 Å². The van der Waals surface area contributed by atoms with Crippen molar-refractivity contribution in [3.8, 4) is 0 Å². The van der Waals surface area contributed by atoms with Gasteiger partial charge in [0.25, 0.3) is 0 Å². The molecule has 0 aliphatic heterocycles. The number of para-hydroxylation sites is 2. The van der Waals surface area contributed by atoms with E-state index < -0.39 is 5.97 Å². The minimum atomic E-state index is -0.397. The molecule has 2 aromatic carbocycles. The lowest BCUT2D eigenvalue weighted by Crippen LogP contribution is -2.03. The van der Waals surface area contributed by atoms with Gasteiger partial charge in [-0.1, -0.05) is 42.5 Å². The van der Waals surface area contributed by atoms with Crippen LogP contribution in [-0.2, 0) is 9.53 Å². The van der Waals surface area contributed by atoms with Gasteiger partial charge in [-0.15, -0.1) is 0 Å². The van der Waals surface area contributed by atoms with Crippen LogP contribution in [-0.4, -0.2) is 22.6 Å². The van der Waals surface area contributed by atoms with Crippen LogP contribution < -0.4 is 0 Å². The molecule has 4 heteroatoms. The fourth-order valence-electron chi connectivity index (χ4n) is 2.22. The topological polar surface area (TPSA) is 44.1 Å². The molecule has 0 spiro atoms. The summed E-state index contributed by atoms with van der Waals surface area (Å²) in [6.45, 7) is 0. The number of hydrogen-bond acceptors (Lipinski definition) is 3. The number of carbonyl (C=O) groups excluding carboxylic acids is 1. The third-order valence-corrected chi connectivity index (χ3v) is 3.24. The second-order valence-corrected chi connectivity index (χ2v) is 4.52. The van der Waals surface area contributed by atoms with Crippen LogP contribution >= 0.6 is 0 Å². The fraction of sp³-hybridized carbons (Fsp3) is 0.0588. The molecule has 0 bridgehead atoms. The summed E-state index contributed by atoms with van der Waals surface area (Å²) < 4.78 is 6.65. The third kappa shape index (κ3) is 2.56. The SMILES string of the molecule is COC(=O)/C=C(\c1ccccc1)n1cnc2ccccc21. The van der Waals surface area contributed by atoms with Crippen LogP contribution in [0.3, 0.4) is 0 Å². The largest absolute Gasteiger partial charge is 0.466 e. The van der Waals surface area contributed by atoms with E-state index >= 15 is 0 Å². The number of imidazole rings is 1. The molecule has 0 saturated heterocycles. The van der Waals surface area contributed by atoms with Crippen molar-refractivity contribution in [2.45, 2.75) is 0 Å². The molecule has 1 heterocycles. The zero-order valence-corrected chi connectivity index (χ0v) is 11.6. The van der Waals surface area contributed by atoms with E-state index in [4.69, 9.17) is 4.74 Å². The summed E-state index contributed by atoms with van der Waals surface area (Å²) in [6.07, 6.45) is 3.19. The predicted octanol–water partition coefficient (Wildman–Crippen LogP) is 3.10. The van der Waals surface area contributed by atoms with Crippen molar-refractivity contribution in [2.75, 3.05) is 7.11 Å². The summed E-state index contributed by atoms with van der Waals surface area (Å²) in [7, 11) is 1.37. The molecule has 0 radical (unpaired) electrons. The molecule has 3 aromatic rings. The van der Waals surface area contributed by atoms with E-state index in [0.29, 0.717) is 0 Å². The van der Waals surface area contributed by atoms with E-state index in [1.165, 1.54) is 13.2 Å². The zero-order valence-electron chi connectivity index (χ0n) is 11.6. The summed E-state index contributed by atoms with van der Waals surface area (Å²) in [5, 5.41) is 0. The average Bonchev–Trinajstić information content (AvgIpc) is 2.97. The van der Waals surface area contributed by atoms with Crippen molar-refractivity contribution < 1.29 is 9.53 Å². The molecule has 0 amide bonds. The number of hydrogen-bond donors (Lipinski definition) is 0. The van der Waals surface area contributed by atoms with E-state index in [2.05, 4.69) is 4.98 Å². The van der Waals surface area contributed by atoms with E-state index in [1.807, 2.05) is 59.2 Å². The van der Waals surface area contributed by atoms with Gasteiger partial charge < -0.3 is 4.74 Å². The van der Waals surface area contributed by atoms with Crippen LogP contribution in [0.25, 0.3) is 16.7 Å². The fourth-order valence-corrected chi connectivity index (χ4v) is 2.22. The van der Waals surface area contributed by atoms with E-state index in [0.717, 1.165) is 22.3 Å². The Bertz CT molecular complexity index is 804. The Morgan fingerprint density at radius 2 is 1.81 bits per heavy atom. The summed E-state index contributed by atoms with van der Waals surface area (Å²) in [5.74, 6) is -0.397. The van der Waals surface area contributed by atoms with Crippen molar-refractivity contribution in [1.29, 1.82) is 0 Å². The number of nitrogens with zero attached hydrogens (tertiary/aromatic N) is 2. The number of benzene rings is 2. The van der Waals surface area contributed by atoms with Crippen molar-refractivity contribution in [2.24, 2.45) is 0 Å². The van der Waals surface area contributed by atoms with Gasteiger partial charge >= 0.3 is 5.97 Å². The summed E-state index contributed by atoms with van der Waals surface area (Å²) in [4.78, 5) is 16.1. The lowest BCUT2D eigenvalue weighted by Gasteiger charge is -2.10. The van der Waals surface area contributed by atoms with Gasteiger partial charge in [0.15, 0.2) is 0 Å². The molecule has 0 saturated carbocycles. The van der Waals surface area contributed by atoms with Crippen LogP contribution in [0.5, 0.6) is 0 Å². The summed E-state index contributed by atoms with van der Waals surface area (Å²) >= 11 is 0. The number of rotatable bonds is 3. The molecule has 0 aliphatic rings. The highest BCUT2D eigenvalue weighted by Gasteiger charge is 2.10. The standard InChI is InChI=1S/C17H14N2O2/c1-21-17(20)11-16(13-7-3-2-4-8-13)19-12-18-14-9-5-6-10-15(14)19/h2-12H,1H3/b16-11+. The Hall–Kier alpha value is -2.88. The first kappa shape index (κ1) is 13.1. The Morgan fingerprint density at radius 1 is 1.10 bits per heavy atom. The Balaban J connectivity index is 2.20. The predicted molar refractivity (Wildman–Crippen MR) is 81.6 cm³/mol. The molecule has 0 unspecified atom stereocenters. The van der Waals surface area contributed by atoms with Gasteiger partial charge in [0, 0.05) is 6.08 Å². The van der Waals surface area contributed by atoms with Crippen molar-refractivity contribution in [3.63, 3.8) is 0 Å². The number of esters is 1. The molecule has 0 fully saturated rings. The second-order valence-electron chi connectivity index (χ2n) is 4.52. The Morgan fingerprint density at radius 3 is 2.57 bits per heavy atom. The maximum atomic E-state index is 11.7. The molecular weight excluding hydrogens is 264 g/mol. The molecule has 1 aromatic heterocycles. The smallest absolute Gasteiger partial charge is 0.332 e. The first-order valence-electron chi connectivity index (χ1n) is 6.57. The quantitative estimate of drug-likeness (QED) is 0.546. The van der Waals surface area contributed by atoms with Crippen LogP contribution in [0, 0.1) is 0 Å². The van der Waals surface area contributed by atoms with Crippen molar-refractivity contribution in [1.82, 2.24) is 9.55 Å². The summed E-state index contributed by atoms with van der Waals surface area (Å²) in [5.41, 5.74) is 3.47. The highest BCUT2D eigenvalue weighted by Crippen LogP contribution is 2.22. The molecule has 3 rings (SSSR count). The molecule has 0 N–H and O–H groups in total. The molecule has 21 heavy (non-hydrogen) atoms. The average molecular weight is 278 g/mol. The van der Waals surface area contributed by atoms with Crippen LogP contribution in [0.1, 0.15) is 5.56 Å². The molecule has 4 nitrogen and oxygen atoms in total. The highest BCUT2D eigenvalue weighted by molar-refractivity contribution is 5.93. The number of carbonyl (C=O) groups is 1. The first-order chi connectivity index (χ1) is 10.3. The van der Waals surface area contributed by atoms with Gasteiger partial charge in [-0.2, -0.15) is 0 Å². The number of methoxy groups -OCH3 is 1. The van der Waals surface area contributed by atoms with Crippen molar-refractivity contribution >= 4 is 22.7 Å². The normalized spacial score (nSPS) is 11.6. The van der Waals surface area contributed by atoms with Gasteiger partial charge in [-0.05, 0) is 17.7 Å². The van der Waals surface area contributed by atoms with E-state index in [1.54, 1.807) is 6.33 Å².